The zero-order valence-electron chi connectivity index (χ0n) is 48.2. The third kappa shape index (κ3) is 56.6. The van der Waals surface area contributed by atoms with Crippen molar-refractivity contribution < 1.29 is 32.9 Å². The molecule has 1 amide bonds. The number of hydrogen-bond acceptors (Lipinski definition) is 6. The molecule has 0 heterocycles. The summed E-state index contributed by atoms with van der Waals surface area (Å²) in [6.45, 7) is 4.51. The first kappa shape index (κ1) is 70.9. The van der Waals surface area contributed by atoms with Crippen LogP contribution in [0.25, 0.3) is 0 Å². The monoisotopic (exact) mass is 1050 g/mol. The van der Waals surface area contributed by atoms with Crippen molar-refractivity contribution in [2.24, 2.45) is 0 Å². The lowest BCUT2D eigenvalue weighted by atomic mass is 10.0. The molecule has 0 aromatic carbocycles. The predicted molar refractivity (Wildman–Crippen MR) is 320 cm³/mol. The van der Waals surface area contributed by atoms with Gasteiger partial charge in [0.05, 0.1) is 39.9 Å². The van der Waals surface area contributed by atoms with E-state index in [9.17, 15) is 19.4 Å². The molecule has 0 radical (unpaired) electrons. The molecule has 3 unspecified atom stereocenters. The minimum atomic E-state index is -4.62. The lowest BCUT2D eigenvalue weighted by Crippen LogP contribution is -2.45. The molecule has 0 aliphatic rings. The van der Waals surface area contributed by atoms with Crippen LogP contribution in [-0.4, -0.2) is 68.5 Å². The van der Waals surface area contributed by atoms with Gasteiger partial charge in [-0.05, 0) is 89.9 Å². The number of phosphoric acid groups is 1. The topological polar surface area (TPSA) is 108 Å². The molecule has 0 aliphatic heterocycles. The highest BCUT2D eigenvalue weighted by atomic mass is 31.2. The molecule has 9 heteroatoms. The first-order valence-corrected chi connectivity index (χ1v) is 31.4. The maximum Gasteiger partial charge on any atom is 0.268 e. The summed E-state index contributed by atoms with van der Waals surface area (Å²) >= 11 is 0. The highest BCUT2D eigenvalue weighted by molar-refractivity contribution is 7.45. The smallest absolute Gasteiger partial charge is 0.268 e. The Morgan fingerprint density at radius 3 is 1.20 bits per heavy atom. The van der Waals surface area contributed by atoms with Gasteiger partial charge in [-0.2, -0.15) is 0 Å². The van der Waals surface area contributed by atoms with E-state index in [0.29, 0.717) is 23.9 Å². The Kier molecular flexibility index (Phi) is 52.4. The minimum absolute atomic E-state index is 0.0144. The van der Waals surface area contributed by atoms with Crippen LogP contribution in [-0.2, 0) is 18.4 Å². The first-order chi connectivity index (χ1) is 36.0. The number of phosphoric ester groups is 1. The van der Waals surface area contributed by atoms with Gasteiger partial charge in [0.1, 0.15) is 13.2 Å². The molecular weight excluding hydrogens is 936 g/mol. The van der Waals surface area contributed by atoms with E-state index in [-0.39, 0.29) is 12.5 Å². The predicted octanol–water partition coefficient (Wildman–Crippen LogP) is 17.9. The van der Waals surface area contributed by atoms with Gasteiger partial charge in [0.15, 0.2) is 0 Å². The van der Waals surface area contributed by atoms with Crippen molar-refractivity contribution in [1.29, 1.82) is 0 Å². The number of hydrogen-bond donors (Lipinski definition) is 2. The molecule has 0 aromatic heterocycles. The number of aliphatic hydroxyl groups excluding tert-OH is 1. The lowest BCUT2D eigenvalue weighted by molar-refractivity contribution is -0.870. The summed E-state index contributed by atoms with van der Waals surface area (Å²) in [5, 5.41) is 13.9. The summed E-state index contributed by atoms with van der Waals surface area (Å²) in [5.41, 5.74) is 0. The van der Waals surface area contributed by atoms with Gasteiger partial charge in [-0.15, -0.1) is 0 Å². The number of nitrogens with one attached hydrogen (secondary N) is 1. The van der Waals surface area contributed by atoms with Gasteiger partial charge in [-0.3, -0.25) is 9.36 Å². The number of rotatable bonds is 53. The lowest BCUT2D eigenvalue weighted by Gasteiger charge is -2.29. The van der Waals surface area contributed by atoms with Gasteiger partial charge in [-0.25, -0.2) is 0 Å². The number of carbonyl (C=O) groups is 1. The molecule has 0 fully saturated rings. The SMILES string of the molecule is CC/C=C\C/C=C\C/C=C\C/C=C\C/C=C\C/C=C\C/C=C\C/C=C\C/C=C\CCCCCC(=O)NC(COP(=O)([O-])OCC[N+](C)(C)C)C(O)/C=C/CCCCCCCCCCCCCCCCCCCCC. The van der Waals surface area contributed by atoms with Crippen molar-refractivity contribution in [3.05, 3.63) is 122 Å². The van der Waals surface area contributed by atoms with E-state index in [1.165, 1.54) is 109 Å². The van der Waals surface area contributed by atoms with Crippen molar-refractivity contribution in [1.82, 2.24) is 5.32 Å². The third-order valence-electron chi connectivity index (χ3n) is 12.7. The van der Waals surface area contributed by atoms with Crippen LogP contribution in [0.3, 0.4) is 0 Å². The Balaban J connectivity index is 4.32. The molecule has 0 aromatic rings. The van der Waals surface area contributed by atoms with Crippen molar-refractivity contribution in [3.63, 3.8) is 0 Å². The van der Waals surface area contributed by atoms with Crippen LogP contribution in [0.2, 0.25) is 0 Å². The van der Waals surface area contributed by atoms with E-state index in [4.69, 9.17) is 9.05 Å². The van der Waals surface area contributed by atoms with Gasteiger partial charge in [-0.1, -0.05) is 257 Å². The maximum absolute atomic E-state index is 13.0. The summed E-state index contributed by atoms with van der Waals surface area (Å²) < 4.78 is 23.3. The van der Waals surface area contributed by atoms with Crippen molar-refractivity contribution >= 4 is 13.7 Å². The number of unbranched alkanes of at least 4 members (excludes halogenated alkanes) is 22. The maximum atomic E-state index is 13.0. The van der Waals surface area contributed by atoms with Crippen LogP contribution < -0.4 is 10.2 Å². The molecule has 0 saturated heterocycles. The van der Waals surface area contributed by atoms with Crippen LogP contribution in [0, 0.1) is 0 Å². The fourth-order valence-corrected chi connectivity index (χ4v) is 8.75. The van der Waals surface area contributed by atoms with Crippen LogP contribution in [0.15, 0.2) is 122 Å². The summed E-state index contributed by atoms with van der Waals surface area (Å²) in [7, 11) is 1.22. The number of carbonyl (C=O) groups excluding carboxylic acids is 1. The van der Waals surface area contributed by atoms with Gasteiger partial charge in [0.2, 0.25) is 5.91 Å². The number of nitrogens with zero attached hydrogens (tertiary/aromatic N) is 1. The van der Waals surface area contributed by atoms with Crippen LogP contribution in [0.4, 0.5) is 0 Å². The molecule has 0 bridgehead atoms. The van der Waals surface area contributed by atoms with Gasteiger partial charge >= 0.3 is 0 Å². The molecule has 0 rings (SSSR count). The zero-order valence-corrected chi connectivity index (χ0v) is 49.1. The quantitative estimate of drug-likeness (QED) is 0.0272. The third-order valence-corrected chi connectivity index (χ3v) is 13.6. The molecule has 0 aliphatic carbocycles. The van der Waals surface area contributed by atoms with E-state index in [1.54, 1.807) is 6.08 Å². The van der Waals surface area contributed by atoms with E-state index >= 15 is 0 Å². The number of aliphatic hydroxyl groups is 1. The Bertz CT molecular complexity index is 1620. The second-order valence-corrected chi connectivity index (χ2v) is 22.4. The molecule has 0 saturated carbocycles. The number of likely N-dealkylation sites (N-methyl/N-ethyl adjacent to an activating group) is 1. The summed E-state index contributed by atoms with van der Waals surface area (Å²) in [5.74, 6) is -0.233. The summed E-state index contributed by atoms with van der Waals surface area (Å²) in [6, 6.07) is -0.915. The molecule has 3 atom stereocenters. The Morgan fingerprint density at radius 2 is 0.824 bits per heavy atom. The Morgan fingerprint density at radius 1 is 0.486 bits per heavy atom. The molecular formula is C65H113N2O6P. The van der Waals surface area contributed by atoms with Crippen molar-refractivity contribution in [2.45, 2.75) is 244 Å². The molecule has 424 valence electrons. The van der Waals surface area contributed by atoms with Gasteiger partial charge in [0, 0.05) is 6.42 Å². The average Bonchev–Trinajstić information content (AvgIpc) is 3.36. The second kappa shape index (κ2) is 54.7. The Labute approximate surface area is 456 Å². The largest absolute Gasteiger partial charge is 0.756 e. The summed E-state index contributed by atoms with van der Waals surface area (Å²) in [4.78, 5) is 25.5. The van der Waals surface area contributed by atoms with Crippen molar-refractivity contribution in [3.8, 4) is 0 Å². The van der Waals surface area contributed by atoms with E-state index < -0.39 is 26.6 Å². The molecule has 0 spiro atoms. The molecule has 8 nitrogen and oxygen atoms in total. The molecule has 74 heavy (non-hydrogen) atoms. The fraction of sp³-hybridized carbons (Fsp3) is 0.677. The normalized spacial score (nSPS) is 14.7. The standard InChI is InChI=1S/C65H113N2O6P/c1-6-8-10-12-14-16-18-20-22-24-26-28-29-30-31-32-33-34-35-36-37-39-41-43-45-47-49-51-53-55-57-59-65(69)66-63(62-73-74(70,71)72-61-60-67(3,4)5)64(68)58-56-54-52-50-48-46-44-42-40-38-27-25-23-21-19-17-15-13-11-9-7-2/h8,10,14,16,20,22,26,28,30-31,33-34,36-37,41,43,47,49,56,58,63-64,68H,6-7,9,11-13,15,17-19,21,23-25,27,29,32,35,38-40,42,44-46,48,50-55,57,59-62H2,1-5H3,(H-,66,69,70,71)/b10-8-,16-14-,22-20-,28-26-,31-30-,34-33-,37-36-,43-41-,49-47-,58-56+. The number of allylic oxidation sites excluding steroid dienone is 19. The number of quaternary nitrogens is 1. The first-order valence-electron chi connectivity index (χ1n) is 29.9. The number of amides is 1. The van der Waals surface area contributed by atoms with Gasteiger partial charge in [0.25, 0.3) is 7.82 Å². The summed E-state index contributed by atoms with van der Waals surface area (Å²) in [6.07, 6.45) is 81.3. The van der Waals surface area contributed by atoms with E-state index in [1.807, 2.05) is 27.2 Å². The minimum Gasteiger partial charge on any atom is -0.756 e. The fourth-order valence-electron chi connectivity index (χ4n) is 8.03. The Hall–Kier alpha value is -3.10. The molecule has 2 N–H and O–H groups in total. The second-order valence-electron chi connectivity index (χ2n) is 21.0. The average molecular weight is 1050 g/mol. The van der Waals surface area contributed by atoms with Crippen LogP contribution in [0.1, 0.15) is 232 Å². The zero-order chi connectivity index (χ0) is 54.2. The van der Waals surface area contributed by atoms with E-state index in [0.717, 1.165) is 96.3 Å². The highest BCUT2D eigenvalue weighted by Crippen LogP contribution is 2.38. The van der Waals surface area contributed by atoms with Crippen molar-refractivity contribution in [2.75, 3.05) is 40.9 Å². The van der Waals surface area contributed by atoms with Crippen LogP contribution >= 0.6 is 7.82 Å². The van der Waals surface area contributed by atoms with Gasteiger partial charge < -0.3 is 28.8 Å². The van der Waals surface area contributed by atoms with Crippen LogP contribution in [0.5, 0.6) is 0 Å². The van der Waals surface area contributed by atoms with E-state index in [2.05, 4.69) is 129 Å². The highest BCUT2D eigenvalue weighted by Gasteiger charge is 2.23.